The first kappa shape index (κ1) is 17.1. The van der Waals surface area contributed by atoms with Crippen LogP contribution in [-0.2, 0) is 4.79 Å². The van der Waals surface area contributed by atoms with Gasteiger partial charge in [-0.3, -0.25) is 0 Å². The number of esters is 1. The largest absolute Gasteiger partial charge is 0.478 e. The van der Waals surface area contributed by atoms with Gasteiger partial charge in [-0.1, -0.05) is 26.2 Å². The van der Waals surface area contributed by atoms with Crippen molar-refractivity contribution in [2.24, 2.45) is 0 Å². The highest BCUT2D eigenvalue weighted by Gasteiger charge is 2.21. The van der Waals surface area contributed by atoms with Crippen molar-refractivity contribution in [3.8, 4) is 5.75 Å². The lowest BCUT2D eigenvalue weighted by Crippen LogP contribution is -2.22. The van der Waals surface area contributed by atoms with Crippen molar-refractivity contribution in [1.29, 1.82) is 0 Å². The molecule has 0 saturated carbocycles. The lowest BCUT2D eigenvalue weighted by atomic mass is 10.1. The fourth-order valence-corrected chi connectivity index (χ4v) is 1.76. The molecule has 0 aromatic heterocycles. The molecule has 0 bridgehead atoms. The maximum atomic E-state index is 13.6. The number of carboxylic acids is 1. The highest BCUT2D eigenvalue weighted by Crippen LogP contribution is 2.20. The van der Waals surface area contributed by atoms with Crippen molar-refractivity contribution in [3.63, 3.8) is 0 Å². The molecule has 116 valence electrons. The van der Waals surface area contributed by atoms with E-state index in [1.54, 1.807) is 0 Å². The first-order valence-corrected chi connectivity index (χ1v) is 6.84. The monoisotopic (exact) mass is 300 g/mol. The maximum absolute atomic E-state index is 13.6. The van der Waals surface area contributed by atoms with E-state index in [1.807, 2.05) is 6.92 Å². The number of benzene rings is 1. The Hall–Kier alpha value is -1.98. The summed E-state index contributed by atoms with van der Waals surface area (Å²) in [5, 5.41) is 8.68. The van der Waals surface area contributed by atoms with Gasteiger partial charge in [0, 0.05) is 0 Å². The normalized spacial score (nSPS) is 12.0. The number of hydrogen-bond acceptors (Lipinski definition) is 3. The summed E-state index contributed by atoms with van der Waals surface area (Å²) in [4.78, 5) is 22.1. The van der Waals surface area contributed by atoms with Crippen LogP contribution in [-0.4, -0.2) is 23.2 Å². The highest BCUT2D eigenvalue weighted by atomic mass is 19.1. The van der Waals surface area contributed by atoms with E-state index < -0.39 is 29.7 Å². The van der Waals surface area contributed by atoms with Gasteiger partial charge in [0.05, 0.1) is 5.56 Å². The van der Waals surface area contributed by atoms with Crippen LogP contribution in [0.25, 0.3) is 0 Å². The zero-order chi connectivity index (χ0) is 15.8. The smallest absolute Gasteiger partial charge is 0.346 e. The van der Waals surface area contributed by atoms with Gasteiger partial charge in [-0.2, -0.15) is 0 Å². The van der Waals surface area contributed by atoms with Gasteiger partial charge >= 0.3 is 11.9 Å². The predicted octanol–water partition coefficient (Wildman–Crippen LogP) is 3.74. The summed E-state index contributed by atoms with van der Waals surface area (Å²) in [6, 6.07) is 2.81. The summed E-state index contributed by atoms with van der Waals surface area (Å²) in [6.45, 7) is 2.02. The van der Waals surface area contributed by atoms with Gasteiger partial charge in [-0.15, -0.1) is 0 Å². The minimum absolute atomic E-state index is 0.0354. The van der Waals surface area contributed by atoms with Crippen LogP contribution in [0.3, 0.4) is 0 Å². The molecule has 21 heavy (non-hydrogen) atoms. The third-order valence-corrected chi connectivity index (χ3v) is 2.96. The Labute approximate surface area is 121 Å². The number of ether oxygens (including phenoxy) is 1. The van der Waals surface area contributed by atoms with Crippen LogP contribution in [0.5, 0.6) is 5.75 Å². The van der Waals surface area contributed by atoms with Crippen LogP contribution >= 0.6 is 0 Å². The van der Waals surface area contributed by atoms with Crippen molar-refractivity contribution in [1.82, 2.24) is 0 Å². The molecular weight excluding hydrogens is 282 g/mol. The summed E-state index contributed by atoms with van der Waals surface area (Å²) in [5.74, 6) is -3.94. The fourth-order valence-electron chi connectivity index (χ4n) is 1.76. The van der Waals surface area contributed by atoms with E-state index in [9.17, 15) is 18.4 Å². The Balaban J connectivity index is 2.56. The summed E-state index contributed by atoms with van der Waals surface area (Å²) in [7, 11) is 0. The van der Waals surface area contributed by atoms with Gasteiger partial charge in [0.15, 0.2) is 17.7 Å². The Morgan fingerprint density at radius 1 is 1.29 bits per heavy atom. The predicted molar refractivity (Wildman–Crippen MR) is 72.6 cm³/mol. The molecule has 1 aromatic rings. The summed E-state index contributed by atoms with van der Waals surface area (Å²) in [5.41, 5.74) is -0.274. The second kappa shape index (κ2) is 8.34. The van der Waals surface area contributed by atoms with Crippen molar-refractivity contribution >= 4 is 11.9 Å². The van der Waals surface area contributed by atoms with E-state index in [0.29, 0.717) is 6.42 Å². The van der Waals surface area contributed by atoms with Crippen molar-refractivity contribution in [2.45, 2.75) is 45.2 Å². The summed E-state index contributed by atoms with van der Waals surface area (Å²) < 4.78 is 31.7. The van der Waals surface area contributed by atoms with Crippen LogP contribution in [0, 0.1) is 5.82 Å². The lowest BCUT2D eigenvalue weighted by Gasteiger charge is -2.09. The SMILES string of the molecule is CCCCCCC(F)C(=O)Oc1ccc(C(=O)O)cc1F. The van der Waals surface area contributed by atoms with Gasteiger partial charge in [0.2, 0.25) is 0 Å². The van der Waals surface area contributed by atoms with Crippen molar-refractivity contribution in [2.75, 3.05) is 0 Å². The van der Waals surface area contributed by atoms with Crippen LogP contribution in [0.2, 0.25) is 0 Å². The molecule has 1 rings (SSSR count). The minimum Gasteiger partial charge on any atom is -0.478 e. The van der Waals surface area contributed by atoms with Crippen molar-refractivity contribution in [3.05, 3.63) is 29.6 Å². The quantitative estimate of drug-likeness (QED) is 0.451. The van der Waals surface area contributed by atoms with Crippen LogP contribution in [0.4, 0.5) is 8.78 Å². The fraction of sp³-hybridized carbons (Fsp3) is 0.467. The first-order valence-electron chi connectivity index (χ1n) is 6.84. The highest BCUT2D eigenvalue weighted by molar-refractivity contribution is 5.88. The van der Waals surface area contributed by atoms with E-state index >= 15 is 0 Å². The standard InChI is InChI=1S/C15H18F2O4/c1-2-3-4-5-6-11(16)15(20)21-13-8-7-10(14(18)19)9-12(13)17/h7-9,11H,2-6H2,1H3,(H,18,19). The molecule has 0 aliphatic carbocycles. The molecular formula is C15H18F2O4. The molecule has 0 heterocycles. The molecule has 0 fully saturated rings. The molecule has 1 atom stereocenters. The molecule has 1 unspecified atom stereocenters. The van der Waals surface area contributed by atoms with Crippen molar-refractivity contribution < 1.29 is 28.2 Å². The molecule has 6 heteroatoms. The van der Waals surface area contributed by atoms with E-state index in [4.69, 9.17) is 5.11 Å². The summed E-state index contributed by atoms with van der Waals surface area (Å²) in [6.07, 6.45) is 1.58. The van der Waals surface area contributed by atoms with E-state index in [1.165, 1.54) is 0 Å². The van der Waals surface area contributed by atoms with Gasteiger partial charge in [-0.25, -0.2) is 18.4 Å². The van der Waals surface area contributed by atoms with Crippen LogP contribution in [0.15, 0.2) is 18.2 Å². The van der Waals surface area contributed by atoms with Gasteiger partial charge in [0.25, 0.3) is 0 Å². The first-order chi connectivity index (χ1) is 9.95. The third kappa shape index (κ3) is 5.49. The molecule has 0 aliphatic rings. The number of hydrogen-bond donors (Lipinski definition) is 1. The van der Waals surface area contributed by atoms with Crippen LogP contribution in [0.1, 0.15) is 49.4 Å². The average Bonchev–Trinajstić information content (AvgIpc) is 2.45. The van der Waals surface area contributed by atoms with Crippen LogP contribution < -0.4 is 4.74 Å². The molecule has 0 radical (unpaired) electrons. The number of unbranched alkanes of at least 4 members (excludes halogenated alkanes) is 3. The van der Waals surface area contributed by atoms with E-state index in [-0.39, 0.29) is 12.0 Å². The zero-order valence-corrected chi connectivity index (χ0v) is 11.8. The minimum atomic E-state index is -1.81. The lowest BCUT2D eigenvalue weighted by molar-refractivity contribution is -0.140. The number of alkyl halides is 1. The topological polar surface area (TPSA) is 63.6 Å². The molecule has 0 spiro atoms. The molecule has 4 nitrogen and oxygen atoms in total. The van der Waals surface area contributed by atoms with Gasteiger partial charge < -0.3 is 9.84 Å². The second-order valence-corrected chi connectivity index (χ2v) is 4.69. The number of carboxylic acid groups (broad SMARTS) is 1. The number of carbonyl (C=O) groups excluding carboxylic acids is 1. The van der Waals surface area contributed by atoms with E-state index in [0.717, 1.165) is 37.5 Å². The number of aromatic carboxylic acids is 1. The Kier molecular flexibility index (Phi) is 6.78. The van der Waals surface area contributed by atoms with Gasteiger partial charge in [0.1, 0.15) is 0 Å². The number of rotatable bonds is 8. The molecule has 0 aliphatic heterocycles. The van der Waals surface area contributed by atoms with Gasteiger partial charge in [-0.05, 0) is 31.0 Å². The second-order valence-electron chi connectivity index (χ2n) is 4.69. The maximum Gasteiger partial charge on any atom is 0.346 e. The number of carbonyl (C=O) groups is 2. The third-order valence-electron chi connectivity index (χ3n) is 2.96. The zero-order valence-electron chi connectivity index (χ0n) is 11.8. The average molecular weight is 300 g/mol. The number of halogens is 2. The molecule has 1 aromatic carbocycles. The molecule has 0 saturated heterocycles. The Morgan fingerprint density at radius 3 is 2.57 bits per heavy atom. The molecule has 0 amide bonds. The Bertz CT molecular complexity index is 502. The van der Waals surface area contributed by atoms with E-state index in [2.05, 4.69) is 4.74 Å². The summed E-state index contributed by atoms with van der Waals surface area (Å²) >= 11 is 0. The Morgan fingerprint density at radius 2 is 2.00 bits per heavy atom. The molecule has 1 N–H and O–H groups in total.